The van der Waals surface area contributed by atoms with Crippen LogP contribution in [0, 0.1) is 0 Å². The first-order chi connectivity index (χ1) is 9.68. The highest BCUT2D eigenvalue weighted by Crippen LogP contribution is 2.31. The molecular weight excluding hydrogens is 292 g/mol. The Morgan fingerprint density at radius 2 is 1.95 bits per heavy atom. The number of hydrogen-bond donors (Lipinski definition) is 1. The molecule has 0 bridgehead atoms. The van der Waals surface area contributed by atoms with Crippen LogP contribution in [0.15, 0.2) is 29.2 Å². The molecular formula is C15H20O5S. The molecule has 1 aliphatic rings. The lowest BCUT2D eigenvalue weighted by Gasteiger charge is -2.19. The van der Waals surface area contributed by atoms with Crippen molar-refractivity contribution < 1.29 is 23.1 Å². The zero-order valence-electron chi connectivity index (χ0n) is 12.2. The first-order valence-electron chi connectivity index (χ1n) is 6.89. The molecule has 116 valence electrons. The van der Waals surface area contributed by atoms with Crippen molar-refractivity contribution in [1.29, 1.82) is 0 Å². The van der Waals surface area contributed by atoms with Gasteiger partial charge < -0.3 is 9.84 Å². The number of carboxylic acid groups (broad SMARTS) is 1. The highest BCUT2D eigenvalue weighted by atomic mass is 32.2. The van der Waals surface area contributed by atoms with E-state index in [-0.39, 0.29) is 28.8 Å². The van der Waals surface area contributed by atoms with Crippen LogP contribution in [0.25, 0.3) is 0 Å². The number of carbonyl (C=O) groups is 1. The van der Waals surface area contributed by atoms with E-state index in [2.05, 4.69) is 0 Å². The first kappa shape index (κ1) is 16.0. The average Bonchev–Trinajstić information content (AvgIpc) is 2.67. The highest BCUT2D eigenvalue weighted by Gasteiger charge is 2.34. The topological polar surface area (TPSA) is 80.7 Å². The molecule has 1 aromatic rings. The zero-order valence-corrected chi connectivity index (χ0v) is 13.0. The molecule has 2 rings (SSSR count). The van der Waals surface area contributed by atoms with E-state index in [9.17, 15) is 13.2 Å². The van der Waals surface area contributed by atoms with Crippen LogP contribution in [0.4, 0.5) is 0 Å². The zero-order chi connectivity index (χ0) is 15.7. The third-order valence-electron chi connectivity index (χ3n) is 3.60. The summed E-state index contributed by atoms with van der Waals surface area (Å²) in [6.07, 6.45) is 1.21. The van der Waals surface area contributed by atoms with Crippen LogP contribution in [-0.2, 0) is 25.8 Å². The molecule has 6 heteroatoms. The minimum atomic E-state index is -3.41. The highest BCUT2D eigenvalue weighted by molar-refractivity contribution is 7.91. The number of sulfone groups is 1. The van der Waals surface area contributed by atoms with Gasteiger partial charge in [0, 0.05) is 0 Å². The van der Waals surface area contributed by atoms with E-state index in [4.69, 9.17) is 9.84 Å². The Labute approximate surface area is 124 Å². The second-order valence-electron chi connectivity index (χ2n) is 6.03. The van der Waals surface area contributed by atoms with Gasteiger partial charge in [-0.3, -0.25) is 4.79 Å². The number of carboxylic acids is 1. The minimum absolute atomic E-state index is 0.0330. The van der Waals surface area contributed by atoms with E-state index in [0.29, 0.717) is 5.56 Å². The predicted octanol–water partition coefficient (Wildman–Crippen LogP) is 2.04. The molecule has 0 saturated carbocycles. The van der Waals surface area contributed by atoms with Gasteiger partial charge in [0.1, 0.15) is 0 Å². The first-order valence-corrected chi connectivity index (χ1v) is 8.54. The largest absolute Gasteiger partial charge is 0.481 e. The van der Waals surface area contributed by atoms with Gasteiger partial charge in [0.15, 0.2) is 9.84 Å². The third kappa shape index (κ3) is 4.28. The van der Waals surface area contributed by atoms with Gasteiger partial charge in [-0.05, 0) is 44.4 Å². The normalized spacial score (nSPS) is 21.3. The maximum absolute atomic E-state index is 12.3. The van der Waals surface area contributed by atoms with Gasteiger partial charge in [0.2, 0.25) is 0 Å². The molecule has 0 spiro atoms. The quantitative estimate of drug-likeness (QED) is 0.900. The van der Waals surface area contributed by atoms with Gasteiger partial charge in [-0.2, -0.15) is 0 Å². The van der Waals surface area contributed by atoms with Crippen molar-refractivity contribution in [1.82, 2.24) is 0 Å². The van der Waals surface area contributed by atoms with Crippen LogP contribution in [0.3, 0.4) is 0 Å². The van der Waals surface area contributed by atoms with Crippen molar-refractivity contribution in [3.8, 4) is 0 Å². The molecule has 0 radical (unpaired) electrons. The SMILES string of the molecule is CC1(C)CCC(CS(=O)(=O)c2ccc(CC(=O)O)cc2)O1. The van der Waals surface area contributed by atoms with Crippen molar-refractivity contribution in [2.24, 2.45) is 0 Å². The smallest absolute Gasteiger partial charge is 0.307 e. The number of rotatable bonds is 5. The van der Waals surface area contributed by atoms with E-state index in [1.165, 1.54) is 12.1 Å². The van der Waals surface area contributed by atoms with Gasteiger partial charge in [-0.15, -0.1) is 0 Å². The maximum Gasteiger partial charge on any atom is 0.307 e. The Morgan fingerprint density at radius 3 is 2.43 bits per heavy atom. The molecule has 1 N–H and O–H groups in total. The predicted molar refractivity (Wildman–Crippen MR) is 78.0 cm³/mol. The summed E-state index contributed by atoms with van der Waals surface area (Å²) in [6.45, 7) is 3.92. The molecule has 1 unspecified atom stereocenters. The summed E-state index contributed by atoms with van der Waals surface area (Å²) in [5.74, 6) is -0.971. The molecule has 21 heavy (non-hydrogen) atoms. The summed E-state index contributed by atoms with van der Waals surface area (Å²) < 4.78 is 30.4. The van der Waals surface area contributed by atoms with Gasteiger partial charge in [0.05, 0.1) is 28.8 Å². The van der Waals surface area contributed by atoms with Gasteiger partial charge in [-0.25, -0.2) is 8.42 Å². The van der Waals surface area contributed by atoms with Crippen LogP contribution >= 0.6 is 0 Å². The Bertz CT molecular complexity index is 616. The van der Waals surface area contributed by atoms with E-state index >= 15 is 0 Å². The van der Waals surface area contributed by atoms with Gasteiger partial charge in [-0.1, -0.05) is 12.1 Å². The molecule has 1 atom stereocenters. The van der Waals surface area contributed by atoms with Crippen molar-refractivity contribution in [2.75, 3.05) is 5.75 Å². The lowest BCUT2D eigenvalue weighted by molar-refractivity contribution is -0.136. The monoisotopic (exact) mass is 312 g/mol. The third-order valence-corrected chi connectivity index (χ3v) is 5.40. The van der Waals surface area contributed by atoms with Gasteiger partial charge in [0.25, 0.3) is 0 Å². The Hall–Kier alpha value is -1.40. The fourth-order valence-corrected chi connectivity index (χ4v) is 3.99. The Morgan fingerprint density at radius 1 is 1.33 bits per heavy atom. The van der Waals surface area contributed by atoms with Crippen molar-refractivity contribution >= 4 is 15.8 Å². The molecule has 0 amide bonds. The Balaban J connectivity index is 2.07. The van der Waals surface area contributed by atoms with Crippen molar-refractivity contribution in [3.05, 3.63) is 29.8 Å². The van der Waals surface area contributed by atoms with Crippen molar-refractivity contribution in [2.45, 2.75) is 49.7 Å². The fourth-order valence-electron chi connectivity index (χ4n) is 2.53. The fraction of sp³-hybridized carbons (Fsp3) is 0.533. The summed E-state index contributed by atoms with van der Waals surface area (Å²) in [4.78, 5) is 10.8. The second kappa shape index (κ2) is 5.77. The lowest BCUT2D eigenvalue weighted by atomic mass is 10.1. The van der Waals surface area contributed by atoms with Crippen LogP contribution in [0.2, 0.25) is 0 Å². The van der Waals surface area contributed by atoms with E-state index in [0.717, 1.165) is 12.8 Å². The van der Waals surface area contributed by atoms with Crippen molar-refractivity contribution in [3.63, 3.8) is 0 Å². The standard InChI is InChI=1S/C15H20O5S/c1-15(2)8-7-12(20-15)10-21(18,19)13-5-3-11(4-6-13)9-14(16)17/h3-6,12H,7-10H2,1-2H3,(H,16,17). The molecule has 1 aromatic carbocycles. The second-order valence-corrected chi connectivity index (χ2v) is 8.07. The Kier molecular flexibility index (Phi) is 4.39. The summed E-state index contributed by atoms with van der Waals surface area (Å²) in [5, 5.41) is 8.70. The molecule has 0 aromatic heterocycles. The summed E-state index contributed by atoms with van der Waals surface area (Å²) in [7, 11) is -3.41. The van der Waals surface area contributed by atoms with E-state index in [1.807, 2.05) is 13.8 Å². The average molecular weight is 312 g/mol. The van der Waals surface area contributed by atoms with Gasteiger partial charge >= 0.3 is 5.97 Å². The number of aliphatic carboxylic acids is 1. The molecule has 1 fully saturated rings. The maximum atomic E-state index is 12.3. The lowest BCUT2D eigenvalue weighted by Crippen LogP contribution is -2.25. The van der Waals surface area contributed by atoms with Crippen LogP contribution in [0.1, 0.15) is 32.3 Å². The van der Waals surface area contributed by atoms with E-state index < -0.39 is 15.8 Å². The molecule has 1 heterocycles. The van der Waals surface area contributed by atoms with Crippen LogP contribution in [0.5, 0.6) is 0 Å². The summed E-state index contributed by atoms with van der Waals surface area (Å²) >= 11 is 0. The molecule has 1 aliphatic heterocycles. The van der Waals surface area contributed by atoms with E-state index in [1.54, 1.807) is 12.1 Å². The molecule has 1 saturated heterocycles. The number of hydrogen-bond acceptors (Lipinski definition) is 4. The number of ether oxygens (including phenoxy) is 1. The summed E-state index contributed by atoms with van der Waals surface area (Å²) in [6, 6.07) is 6.02. The summed E-state index contributed by atoms with van der Waals surface area (Å²) in [5.41, 5.74) is 0.325. The number of benzene rings is 1. The minimum Gasteiger partial charge on any atom is -0.481 e. The molecule has 5 nitrogen and oxygen atoms in total. The molecule has 0 aliphatic carbocycles. The van der Waals surface area contributed by atoms with Crippen LogP contribution in [-0.4, -0.2) is 37.0 Å². The van der Waals surface area contributed by atoms with Crippen LogP contribution < -0.4 is 0 Å².